The Morgan fingerprint density at radius 1 is 0.944 bits per heavy atom. The Balaban J connectivity index is 2.04. The molecule has 2 N–H and O–H groups in total. The van der Waals surface area contributed by atoms with Gasteiger partial charge in [0.15, 0.2) is 5.75 Å². The lowest BCUT2D eigenvalue weighted by Crippen LogP contribution is -2.15. The van der Waals surface area contributed by atoms with Crippen LogP contribution in [0.15, 0.2) is 36.5 Å². The normalized spacial score (nSPS) is 12.4. The van der Waals surface area contributed by atoms with E-state index in [-0.39, 0.29) is 23.7 Å². The molecular weight excluding hydrogens is 492 g/mol. The summed E-state index contributed by atoms with van der Waals surface area (Å²) >= 11 is 0. The van der Waals surface area contributed by atoms with Crippen LogP contribution in [-0.4, -0.2) is 21.8 Å². The zero-order valence-electron chi connectivity index (χ0n) is 19.3. The molecule has 0 atom stereocenters. The van der Waals surface area contributed by atoms with Crippen molar-refractivity contribution in [1.82, 2.24) is 4.98 Å². The first-order chi connectivity index (χ1) is 16.7. The molecule has 3 aromatic rings. The molecule has 0 saturated carbocycles. The molecule has 1 aromatic heterocycles. The van der Waals surface area contributed by atoms with E-state index in [9.17, 15) is 35.9 Å². The molecule has 0 unspecified atom stereocenters. The molecule has 0 radical (unpaired) electrons. The molecule has 1 heterocycles. The summed E-state index contributed by atoms with van der Waals surface area (Å²) in [4.78, 5) is 25.4. The van der Waals surface area contributed by atoms with Gasteiger partial charge in [-0.3, -0.25) is 9.59 Å². The van der Waals surface area contributed by atoms with Crippen LogP contribution in [-0.2, 0) is 28.4 Å². The van der Waals surface area contributed by atoms with E-state index in [1.807, 2.05) is 13.8 Å². The molecule has 0 spiro atoms. The zero-order chi connectivity index (χ0) is 26.8. The van der Waals surface area contributed by atoms with Crippen molar-refractivity contribution >= 4 is 22.7 Å². The van der Waals surface area contributed by atoms with Gasteiger partial charge in [0, 0.05) is 29.9 Å². The van der Waals surface area contributed by atoms with Gasteiger partial charge in [-0.15, -0.1) is 0 Å². The summed E-state index contributed by atoms with van der Waals surface area (Å²) in [5.41, 5.74) is -2.13. The van der Waals surface area contributed by atoms with Crippen molar-refractivity contribution in [3.05, 3.63) is 58.8 Å². The summed E-state index contributed by atoms with van der Waals surface area (Å²) in [7, 11) is 0. The highest BCUT2D eigenvalue weighted by Gasteiger charge is 2.43. The molecule has 2 aromatic carbocycles. The first-order valence-corrected chi connectivity index (χ1v) is 11.0. The Labute approximate surface area is 202 Å². The molecule has 0 aliphatic carbocycles. The standard InChI is InChI=1S/C25H23F6NO4/c1-13(2)18-12-32-21-7-6-16(11-17(18)21)36-23-19(24(26,27)28)9-14(10-20(23)25(29,30)31)3-4-15(33)5-8-22(34)35/h6-7,9-13,32H,3-5,8H2,1-2H3,(H,34,35). The molecule has 0 amide bonds. The lowest BCUT2D eigenvalue weighted by atomic mass is 9.98. The number of carbonyl (C=O) groups is 2. The number of carboxylic acid groups (broad SMARTS) is 1. The number of alkyl halides is 6. The number of hydrogen-bond acceptors (Lipinski definition) is 3. The third-order valence-corrected chi connectivity index (χ3v) is 5.60. The number of rotatable bonds is 9. The number of benzene rings is 2. The number of aromatic amines is 1. The van der Waals surface area contributed by atoms with Crippen LogP contribution in [0.4, 0.5) is 26.3 Å². The van der Waals surface area contributed by atoms with Gasteiger partial charge in [-0.25, -0.2) is 0 Å². The van der Waals surface area contributed by atoms with Gasteiger partial charge in [0.1, 0.15) is 11.5 Å². The lowest BCUT2D eigenvalue weighted by molar-refractivity contribution is -0.145. The maximum absolute atomic E-state index is 13.9. The maximum atomic E-state index is 13.9. The van der Waals surface area contributed by atoms with Crippen LogP contribution in [0, 0.1) is 0 Å². The Hall–Kier alpha value is -3.50. The second-order valence-corrected chi connectivity index (χ2v) is 8.66. The van der Waals surface area contributed by atoms with Gasteiger partial charge in [-0.1, -0.05) is 13.8 Å². The van der Waals surface area contributed by atoms with Gasteiger partial charge >= 0.3 is 18.3 Å². The quantitative estimate of drug-likeness (QED) is 0.290. The predicted octanol–water partition coefficient (Wildman–Crippen LogP) is 7.49. The second kappa shape index (κ2) is 10.2. The number of fused-ring (bicyclic) bond motifs is 1. The van der Waals surface area contributed by atoms with Gasteiger partial charge < -0.3 is 14.8 Å². The number of carboxylic acids is 1. The molecule has 11 heteroatoms. The number of ether oxygens (including phenoxy) is 1. The first kappa shape index (κ1) is 27.1. The van der Waals surface area contributed by atoms with Gasteiger partial charge in [-0.2, -0.15) is 26.3 Å². The van der Waals surface area contributed by atoms with Crippen LogP contribution in [0.2, 0.25) is 0 Å². The van der Waals surface area contributed by atoms with E-state index >= 15 is 0 Å². The van der Waals surface area contributed by atoms with Crippen LogP contribution in [0.25, 0.3) is 10.9 Å². The number of aryl methyl sites for hydroxylation is 1. The van der Waals surface area contributed by atoms with E-state index in [1.54, 1.807) is 6.20 Å². The summed E-state index contributed by atoms with van der Waals surface area (Å²) < 4.78 is 88.6. The summed E-state index contributed by atoms with van der Waals surface area (Å²) in [6.07, 6.45) is -10.3. The summed E-state index contributed by atoms with van der Waals surface area (Å²) in [6, 6.07) is 5.23. The summed E-state index contributed by atoms with van der Waals surface area (Å²) in [5, 5.41) is 9.23. The predicted molar refractivity (Wildman–Crippen MR) is 119 cm³/mol. The Kier molecular flexibility index (Phi) is 7.70. The SMILES string of the molecule is CC(C)c1c[nH]c2ccc(Oc3c(C(F)(F)F)cc(CCC(=O)CCC(=O)O)cc3C(F)(F)F)cc12. The minimum absolute atomic E-state index is 0.0444. The molecule has 3 rings (SSSR count). The van der Waals surface area contributed by atoms with Crippen molar-refractivity contribution in [2.75, 3.05) is 0 Å². The van der Waals surface area contributed by atoms with Gasteiger partial charge in [-0.05, 0) is 53.8 Å². The fraction of sp³-hybridized carbons (Fsp3) is 0.360. The van der Waals surface area contributed by atoms with Crippen molar-refractivity contribution in [1.29, 1.82) is 0 Å². The Bertz CT molecular complexity index is 1240. The van der Waals surface area contributed by atoms with Gasteiger partial charge in [0.2, 0.25) is 0 Å². The third kappa shape index (κ3) is 6.38. The molecule has 0 fully saturated rings. The first-order valence-electron chi connectivity index (χ1n) is 11.0. The van der Waals surface area contributed by atoms with Crippen LogP contribution in [0.3, 0.4) is 0 Å². The molecule has 194 valence electrons. The van der Waals surface area contributed by atoms with Crippen LogP contribution >= 0.6 is 0 Å². The highest BCUT2D eigenvalue weighted by atomic mass is 19.4. The van der Waals surface area contributed by atoms with E-state index in [2.05, 4.69) is 4.98 Å². The number of hydrogen-bond donors (Lipinski definition) is 2. The van der Waals surface area contributed by atoms with Crippen molar-refractivity contribution < 1.29 is 45.8 Å². The van der Waals surface area contributed by atoms with Crippen molar-refractivity contribution in [2.24, 2.45) is 0 Å². The van der Waals surface area contributed by atoms with Crippen LogP contribution < -0.4 is 4.74 Å². The fourth-order valence-corrected chi connectivity index (χ4v) is 3.80. The molecule has 36 heavy (non-hydrogen) atoms. The average Bonchev–Trinajstić information content (AvgIpc) is 3.18. The molecule has 0 saturated heterocycles. The minimum Gasteiger partial charge on any atom is -0.481 e. The van der Waals surface area contributed by atoms with Crippen molar-refractivity contribution in [3.63, 3.8) is 0 Å². The molecular formula is C25H23F6NO4. The topological polar surface area (TPSA) is 79.4 Å². The van der Waals surface area contributed by atoms with Crippen LogP contribution in [0.5, 0.6) is 11.5 Å². The number of Topliss-reactive ketones (excluding diaryl/α,β-unsaturated/α-hetero) is 1. The monoisotopic (exact) mass is 515 g/mol. The Morgan fingerprint density at radius 2 is 1.56 bits per heavy atom. The number of carbonyl (C=O) groups excluding carboxylic acids is 1. The smallest absolute Gasteiger partial charge is 0.420 e. The molecule has 0 aliphatic heterocycles. The molecule has 0 aliphatic rings. The minimum atomic E-state index is -5.18. The van der Waals surface area contributed by atoms with Crippen molar-refractivity contribution in [3.8, 4) is 11.5 Å². The number of nitrogens with one attached hydrogen (secondary N) is 1. The van der Waals surface area contributed by atoms with Crippen LogP contribution in [0.1, 0.15) is 61.3 Å². The second-order valence-electron chi connectivity index (χ2n) is 8.66. The summed E-state index contributed by atoms with van der Waals surface area (Å²) in [6.45, 7) is 3.79. The van der Waals surface area contributed by atoms with E-state index in [0.717, 1.165) is 5.56 Å². The van der Waals surface area contributed by atoms with E-state index in [1.165, 1.54) is 18.2 Å². The number of ketones is 1. The highest BCUT2D eigenvalue weighted by molar-refractivity contribution is 5.85. The third-order valence-electron chi connectivity index (χ3n) is 5.60. The summed E-state index contributed by atoms with van der Waals surface area (Å²) in [5.74, 6) is -3.35. The molecule has 5 nitrogen and oxygen atoms in total. The number of halogens is 6. The van der Waals surface area contributed by atoms with E-state index < -0.39 is 60.2 Å². The number of aromatic nitrogens is 1. The van der Waals surface area contributed by atoms with E-state index in [0.29, 0.717) is 23.0 Å². The fourth-order valence-electron chi connectivity index (χ4n) is 3.80. The molecule has 0 bridgehead atoms. The zero-order valence-corrected chi connectivity index (χ0v) is 19.3. The number of aliphatic carboxylic acids is 1. The van der Waals surface area contributed by atoms with Gasteiger partial charge in [0.25, 0.3) is 0 Å². The average molecular weight is 515 g/mol. The Morgan fingerprint density at radius 3 is 2.08 bits per heavy atom. The lowest BCUT2D eigenvalue weighted by Gasteiger charge is -2.21. The van der Waals surface area contributed by atoms with E-state index in [4.69, 9.17) is 9.84 Å². The largest absolute Gasteiger partial charge is 0.481 e. The van der Waals surface area contributed by atoms with Gasteiger partial charge in [0.05, 0.1) is 17.5 Å². The number of H-pyrrole nitrogens is 1. The highest BCUT2D eigenvalue weighted by Crippen LogP contribution is 2.47. The van der Waals surface area contributed by atoms with Crippen molar-refractivity contribution in [2.45, 2.75) is 57.8 Å². The maximum Gasteiger partial charge on any atom is 0.420 e.